The molecule has 1 fully saturated rings. The van der Waals surface area contributed by atoms with Gasteiger partial charge >= 0.3 is 0 Å². The zero-order chi connectivity index (χ0) is 15.6. The Morgan fingerprint density at radius 1 is 1.14 bits per heavy atom. The summed E-state index contributed by atoms with van der Waals surface area (Å²) in [6.45, 7) is 2.58. The molecule has 1 aromatic rings. The number of rotatable bonds is 4. The highest BCUT2D eigenvalue weighted by molar-refractivity contribution is 6.03. The van der Waals surface area contributed by atoms with Gasteiger partial charge in [-0.3, -0.25) is 14.4 Å². The first-order valence-corrected chi connectivity index (χ1v) is 6.63. The van der Waals surface area contributed by atoms with Crippen molar-refractivity contribution in [2.75, 3.05) is 11.9 Å². The van der Waals surface area contributed by atoms with Gasteiger partial charge in [0.2, 0.25) is 17.7 Å². The highest BCUT2D eigenvalue weighted by Crippen LogP contribution is 2.22. The highest BCUT2D eigenvalue weighted by atomic mass is 16.2. The standard InChI is InChI=1S/C14H18N4O3/c1-14(3-2-4-17-14)13(21)18-10-6-8(11(15)19)5-9(7-10)12(16)20/h5-7,17H,2-4H2,1H3,(H2,15,19)(H2,16,20)(H,18,21). The number of primary amides is 2. The van der Waals surface area contributed by atoms with E-state index in [1.807, 2.05) is 6.92 Å². The minimum atomic E-state index is -0.696. The maximum atomic E-state index is 12.3. The first-order chi connectivity index (χ1) is 9.82. The summed E-state index contributed by atoms with van der Waals surface area (Å²) < 4.78 is 0. The van der Waals surface area contributed by atoms with Gasteiger partial charge in [0.1, 0.15) is 0 Å². The van der Waals surface area contributed by atoms with Crippen LogP contribution in [-0.2, 0) is 4.79 Å². The van der Waals surface area contributed by atoms with Gasteiger partial charge in [-0.2, -0.15) is 0 Å². The zero-order valence-electron chi connectivity index (χ0n) is 11.7. The molecule has 21 heavy (non-hydrogen) atoms. The number of hydrogen-bond acceptors (Lipinski definition) is 4. The van der Waals surface area contributed by atoms with Crippen molar-refractivity contribution in [3.05, 3.63) is 29.3 Å². The van der Waals surface area contributed by atoms with E-state index in [0.29, 0.717) is 5.69 Å². The predicted molar refractivity (Wildman–Crippen MR) is 77.7 cm³/mol. The van der Waals surface area contributed by atoms with Crippen LogP contribution in [0.3, 0.4) is 0 Å². The van der Waals surface area contributed by atoms with Crippen molar-refractivity contribution in [2.24, 2.45) is 11.5 Å². The van der Waals surface area contributed by atoms with Crippen LogP contribution in [0.2, 0.25) is 0 Å². The Bertz CT molecular complexity index is 574. The van der Waals surface area contributed by atoms with Gasteiger partial charge in [0, 0.05) is 16.8 Å². The van der Waals surface area contributed by atoms with Crippen molar-refractivity contribution in [3.63, 3.8) is 0 Å². The average Bonchev–Trinajstić information content (AvgIpc) is 2.86. The molecule has 0 saturated carbocycles. The van der Waals surface area contributed by atoms with E-state index in [4.69, 9.17) is 11.5 Å². The molecular formula is C14H18N4O3. The zero-order valence-corrected chi connectivity index (χ0v) is 11.7. The summed E-state index contributed by atoms with van der Waals surface area (Å²) in [6, 6.07) is 4.14. The second-order valence-electron chi connectivity index (χ2n) is 5.34. The Kier molecular flexibility index (Phi) is 3.95. The fourth-order valence-electron chi connectivity index (χ4n) is 2.34. The van der Waals surface area contributed by atoms with Gasteiger partial charge in [-0.25, -0.2) is 0 Å². The molecule has 0 bridgehead atoms. The van der Waals surface area contributed by atoms with Crippen LogP contribution in [0.5, 0.6) is 0 Å². The lowest BCUT2D eigenvalue weighted by Gasteiger charge is -2.23. The number of carbonyl (C=O) groups is 3. The lowest BCUT2D eigenvalue weighted by Crippen LogP contribution is -2.48. The average molecular weight is 290 g/mol. The maximum absolute atomic E-state index is 12.3. The van der Waals surface area contributed by atoms with Gasteiger partial charge in [0.15, 0.2) is 0 Å². The quantitative estimate of drug-likeness (QED) is 0.620. The molecule has 1 aliphatic rings. The molecule has 1 saturated heterocycles. The Hall–Kier alpha value is -2.41. The molecule has 0 aromatic heterocycles. The third-order valence-electron chi connectivity index (χ3n) is 3.63. The van der Waals surface area contributed by atoms with Crippen molar-refractivity contribution in [2.45, 2.75) is 25.3 Å². The number of nitrogens with one attached hydrogen (secondary N) is 2. The fourth-order valence-corrected chi connectivity index (χ4v) is 2.34. The van der Waals surface area contributed by atoms with Gasteiger partial charge in [0.25, 0.3) is 0 Å². The predicted octanol–water partition coefficient (Wildman–Crippen LogP) is -0.0350. The van der Waals surface area contributed by atoms with E-state index in [0.717, 1.165) is 19.4 Å². The van der Waals surface area contributed by atoms with Crippen molar-refractivity contribution >= 4 is 23.4 Å². The van der Waals surface area contributed by atoms with E-state index >= 15 is 0 Å². The Morgan fingerprint density at radius 3 is 2.14 bits per heavy atom. The summed E-state index contributed by atoms with van der Waals surface area (Å²) in [5.74, 6) is -1.62. The Balaban J connectivity index is 2.28. The lowest BCUT2D eigenvalue weighted by atomic mass is 9.99. The smallest absolute Gasteiger partial charge is 0.248 e. The number of carbonyl (C=O) groups excluding carboxylic acids is 3. The monoisotopic (exact) mass is 290 g/mol. The minimum Gasteiger partial charge on any atom is -0.366 e. The van der Waals surface area contributed by atoms with Crippen molar-refractivity contribution in [1.29, 1.82) is 0 Å². The van der Waals surface area contributed by atoms with Gasteiger partial charge < -0.3 is 22.1 Å². The summed E-state index contributed by atoms with van der Waals surface area (Å²) in [7, 11) is 0. The molecule has 0 radical (unpaired) electrons. The number of anilines is 1. The van der Waals surface area contributed by atoms with Crippen LogP contribution < -0.4 is 22.1 Å². The van der Waals surface area contributed by atoms with Crippen molar-refractivity contribution in [3.8, 4) is 0 Å². The van der Waals surface area contributed by atoms with E-state index < -0.39 is 17.4 Å². The van der Waals surface area contributed by atoms with E-state index in [1.54, 1.807) is 0 Å². The molecule has 7 heteroatoms. The van der Waals surface area contributed by atoms with Crippen LogP contribution in [-0.4, -0.2) is 29.8 Å². The van der Waals surface area contributed by atoms with E-state index in [9.17, 15) is 14.4 Å². The van der Waals surface area contributed by atoms with Gasteiger partial charge in [-0.15, -0.1) is 0 Å². The van der Waals surface area contributed by atoms with Gasteiger partial charge in [-0.1, -0.05) is 0 Å². The van der Waals surface area contributed by atoms with Crippen molar-refractivity contribution < 1.29 is 14.4 Å². The van der Waals surface area contributed by atoms with Crippen LogP contribution in [0.4, 0.5) is 5.69 Å². The molecule has 1 heterocycles. The molecule has 1 aliphatic heterocycles. The molecular weight excluding hydrogens is 272 g/mol. The minimum absolute atomic E-state index is 0.117. The molecule has 3 amide bonds. The van der Waals surface area contributed by atoms with Crippen LogP contribution in [0, 0.1) is 0 Å². The molecule has 112 valence electrons. The Labute approximate surface area is 122 Å². The highest BCUT2D eigenvalue weighted by Gasteiger charge is 2.35. The lowest BCUT2D eigenvalue weighted by molar-refractivity contribution is -0.121. The normalized spacial score (nSPS) is 21.0. The summed E-state index contributed by atoms with van der Waals surface area (Å²) in [5, 5.41) is 5.83. The van der Waals surface area contributed by atoms with Gasteiger partial charge in [0.05, 0.1) is 5.54 Å². The summed E-state index contributed by atoms with van der Waals surface area (Å²) in [4.78, 5) is 34.8. The molecule has 6 N–H and O–H groups in total. The molecule has 0 spiro atoms. The molecule has 1 unspecified atom stereocenters. The molecule has 2 rings (SSSR count). The third-order valence-corrected chi connectivity index (χ3v) is 3.63. The molecule has 7 nitrogen and oxygen atoms in total. The Morgan fingerprint density at radius 2 is 1.71 bits per heavy atom. The first-order valence-electron chi connectivity index (χ1n) is 6.63. The van der Waals surface area contributed by atoms with Crippen LogP contribution >= 0.6 is 0 Å². The second-order valence-corrected chi connectivity index (χ2v) is 5.34. The van der Waals surface area contributed by atoms with E-state index in [1.165, 1.54) is 18.2 Å². The fraction of sp³-hybridized carbons (Fsp3) is 0.357. The van der Waals surface area contributed by atoms with Gasteiger partial charge in [-0.05, 0) is 44.5 Å². The van der Waals surface area contributed by atoms with E-state index in [-0.39, 0.29) is 17.0 Å². The summed E-state index contributed by atoms with van der Waals surface area (Å²) in [5.41, 5.74) is 10.3. The number of benzene rings is 1. The van der Waals surface area contributed by atoms with Crippen LogP contribution in [0.15, 0.2) is 18.2 Å². The molecule has 1 atom stereocenters. The van der Waals surface area contributed by atoms with Crippen LogP contribution in [0.1, 0.15) is 40.5 Å². The van der Waals surface area contributed by atoms with Crippen LogP contribution in [0.25, 0.3) is 0 Å². The van der Waals surface area contributed by atoms with Crippen molar-refractivity contribution in [1.82, 2.24) is 5.32 Å². The first kappa shape index (κ1) is 15.0. The third kappa shape index (κ3) is 3.19. The summed E-state index contributed by atoms with van der Waals surface area (Å²) >= 11 is 0. The number of hydrogen-bond donors (Lipinski definition) is 4. The largest absolute Gasteiger partial charge is 0.366 e. The number of amides is 3. The molecule has 0 aliphatic carbocycles. The summed E-state index contributed by atoms with van der Waals surface area (Å²) in [6.07, 6.45) is 1.63. The van der Waals surface area contributed by atoms with E-state index in [2.05, 4.69) is 10.6 Å². The SMILES string of the molecule is CC1(C(=O)Nc2cc(C(N)=O)cc(C(N)=O)c2)CCCN1. The maximum Gasteiger partial charge on any atom is 0.248 e. The number of nitrogens with two attached hydrogens (primary N) is 2. The molecule has 1 aromatic carbocycles. The second kappa shape index (κ2) is 5.53. The topological polar surface area (TPSA) is 127 Å².